The monoisotopic (exact) mass is 448 g/mol. The van der Waals surface area contributed by atoms with E-state index in [9.17, 15) is 27.9 Å². The molecule has 10 heteroatoms. The van der Waals surface area contributed by atoms with Crippen LogP contribution in [-0.2, 0) is 0 Å². The number of rotatable bonds is 3. The average molecular weight is 449 g/mol. The third kappa shape index (κ3) is 3.24. The van der Waals surface area contributed by atoms with E-state index in [0.29, 0.717) is 4.47 Å². The lowest BCUT2D eigenvalue weighted by molar-refractivity contribution is -0.287. The van der Waals surface area contributed by atoms with E-state index in [4.69, 9.17) is 0 Å². The molecule has 3 atom stereocenters. The van der Waals surface area contributed by atoms with Crippen molar-refractivity contribution < 1.29 is 27.9 Å². The molecule has 3 N–H and O–H groups in total. The van der Waals surface area contributed by atoms with Gasteiger partial charge in [-0.15, -0.1) is 11.3 Å². The van der Waals surface area contributed by atoms with Crippen molar-refractivity contribution >= 4 is 39.1 Å². The van der Waals surface area contributed by atoms with Gasteiger partial charge in [0.2, 0.25) is 5.72 Å². The Balaban J connectivity index is 2.14. The number of carbonyl (C=O) groups excluding carboxylic acids is 2. The van der Waals surface area contributed by atoms with Gasteiger partial charge in [0, 0.05) is 4.47 Å². The second-order valence-corrected chi connectivity index (χ2v) is 7.57. The number of hydrogen-bond donors (Lipinski definition) is 3. The van der Waals surface area contributed by atoms with Gasteiger partial charge in [-0.05, 0) is 29.1 Å². The van der Waals surface area contributed by atoms with Gasteiger partial charge in [-0.3, -0.25) is 4.79 Å². The van der Waals surface area contributed by atoms with Gasteiger partial charge >= 0.3 is 12.2 Å². The summed E-state index contributed by atoms with van der Waals surface area (Å²) in [7, 11) is 0. The number of thiophene rings is 1. The smallest absolute Gasteiger partial charge is 0.363 e. The van der Waals surface area contributed by atoms with Crippen LogP contribution in [0.15, 0.2) is 46.3 Å². The van der Waals surface area contributed by atoms with E-state index < -0.39 is 35.7 Å². The van der Waals surface area contributed by atoms with Crippen LogP contribution >= 0.6 is 27.3 Å². The summed E-state index contributed by atoms with van der Waals surface area (Å²) in [5.74, 6) is -2.92. The Labute approximate surface area is 158 Å². The number of carbonyl (C=O) groups is 2. The Bertz CT molecular complexity index is 826. The first-order chi connectivity index (χ1) is 12.1. The molecule has 1 fully saturated rings. The van der Waals surface area contributed by atoms with Crippen molar-refractivity contribution in [2.75, 3.05) is 0 Å². The van der Waals surface area contributed by atoms with Crippen LogP contribution in [0.4, 0.5) is 18.0 Å². The minimum absolute atomic E-state index is 0.0535. The first-order valence-electron chi connectivity index (χ1n) is 7.34. The van der Waals surface area contributed by atoms with Gasteiger partial charge in [0.05, 0.1) is 10.9 Å². The predicted octanol–water partition coefficient (Wildman–Crippen LogP) is 3.61. The van der Waals surface area contributed by atoms with Gasteiger partial charge in [0.25, 0.3) is 0 Å². The van der Waals surface area contributed by atoms with Crippen LogP contribution in [0.25, 0.3) is 0 Å². The van der Waals surface area contributed by atoms with E-state index in [0.717, 1.165) is 11.3 Å². The third-order valence-corrected chi connectivity index (χ3v) is 5.49. The summed E-state index contributed by atoms with van der Waals surface area (Å²) >= 11 is 4.18. The zero-order valence-corrected chi connectivity index (χ0v) is 15.3. The summed E-state index contributed by atoms with van der Waals surface area (Å²) in [6, 6.07) is 6.42. The van der Waals surface area contributed by atoms with Crippen molar-refractivity contribution in [2.24, 2.45) is 5.92 Å². The summed E-state index contributed by atoms with van der Waals surface area (Å²) in [5, 5.41) is 15.7. The first kappa shape index (κ1) is 18.9. The van der Waals surface area contributed by atoms with Gasteiger partial charge < -0.3 is 15.7 Å². The molecule has 0 unspecified atom stereocenters. The summed E-state index contributed by atoms with van der Waals surface area (Å²) in [6.07, 6.45) is -5.25. The topological polar surface area (TPSA) is 78.4 Å². The second-order valence-electron chi connectivity index (χ2n) is 5.71. The lowest BCUT2D eigenvalue weighted by atomic mass is 9.78. The number of urea groups is 1. The first-order valence-corrected chi connectivity index (χ1v) is 9.02. The molecule has 2 amide bonds. The van der Waals surface area contributed by atoms with Crippen LogP contribution in [0, 0.1) is 5.92 Å². The third-order valence-electron chi connectivity index (χ3n) is 4.08. The number of nitrogens with one attached hydrogen (secondary N) is 2. The summed E-state index contributed by atoms with van der Waals surface area (Å²) in [4.78, 5) is 24.7. The van der Waals surface area contributed by atoms with Crippen molar-refractivity contribution in [1.29, 1.82) is 0 Å². The summed E-state index contributed by atoms with van der Waals surface area (Å²) < 4.78 is 41.6. The molecule has 0 radical (unpaired) electrons. The van der Waals surface area contributed by atoms with Crippen molar-refractivity contribution in [3.8, 4) is 0 Å². The Morgan fingerprint density at radius 1 is 1.23 bits per heavy atom. The quantitative estimate of drug-likeness (QED) is 0.627. The Hall–Kier alpha value is -1.91. The van der Waals surface area contributed by atoms with Gasteiger partial charge in [0.15, 0.2) is 5.78 Å². The highest BCUT2D eigenvalue weighted by molar-refractivity contribution is 9.10. The molecule has 138 valence electrons. The van der Waals surface area contributed by atoms with E-state index in [1.807, 2.05) is 0 Å². The van der Waals surface area contributed by atoms with E-state index >= 15 is 0 Å². The fourth-order valence-electron chi connectivity index (χ4n) is 2.86. The maximum atomic E-state index is 13.7. The molecular weight excluding hydrogens is 437 g/mol. The molecule has 2 heterocycles. The van der Waals surface area contributed by atoms with E-state index in [1.54, 1.807) is 17.5 Å². The zero-order chi connectivity index (χ0) is 19.1. The second kappa shape index (κ2) is 6.67. The fourth-order valence-corrected chi connectivity index (χ4v) is 3.83. The highest BCUT2D eigenvalue weighted by atomic mass is 79.9. The number of hydrogen-bond acceptors (Lipinski definition) is 4. The van der Waals surface area contributed by atoms with Crippen molar-refractivity contribution in [1.82, 2.24) is 10.6 Å². The van der Waals surface area contributed by atoms with Gasteiger partial charge in [-0.2, -0.15) is 13.2 Å². The largest absolute Gasteiger partial charge is 0.437 e. The molecule has 3 rings (SSSR count). The van der Waals surface area contributed by atoms with Gasteiger partial charge in [-0.25, -0.2) is 4.79 Å². The van der Waals surface area contributed by atoms with Gasteiger partial charge in [0.1, 0.15) is 5.92 Å². The number of alkyl halides is 3. The number of amides is 2. The Morgan fingerprint density at radius 2 is 1.88 bits per heavy atom. The molecule has 1 aromatic heterocycles. The number of aliphatic hydroxyl groups is 1. The molecule has 0 bridgehead atoms. The number of benzene rings is 1. The van der Waals surface area contributed by atoms with E-state index in [2.05, 4.69) is 21.2 Å². The molecule has 0 aliphatic carbocycles. The van der Waals surface area contributed by atoms with Crippen molar-refractivity contribution in [2.45, 2.75) is 17.9 Å². The molecule has 1 saturated heterocycles. The number of Topliss-reactive ketones (excluding diaryl/α,β-unsaturated/α-hetero) is 1. The number of ketones is 1. The van der Waals surface area contributed by atoms with Gasteiger partial charge in [-0.1, -0.05) is 34.1 Å². The molecule has 2 aromatic rings. The van der Waals surface area contributed by atoms with Crippen LogP contribution in [-0.4, -0.2) is 28.8 Å². The number of halogens is 4. The maximum Gasteiger partial charge on any atom is 0.437 e. The zero-order valence-electron chi connectivity index (χ0n) is 12.9. The SMILES string of the molecule is O=C1N[C@H](c2ccc(Br)cc2)[C@H](C(=O)c2cccs2)[C@](O)(C(F)(F)F)N1. The lowest BCUT2D eigenvalue weighted by Crippen LogP contribution is -2.72. The lowest BCUT2D eigenvalue weighted by Gasteiger charge is -2.44. The summed E-state index contributed by atoms with van der Waals surface area (Å²) in [6.45, 7) is 0. The predicted molar refractivity (Wildman–Crippen MR) is 91.7 cm³/mol. The van der Waals surface area contributed by atoms with E-state index in [1.165, 1.54) is 29.6 Å². The molecule has 1 aliphatic rings. The molecule has 0 spiro atoms. The highest BCUT2D eigenvalue weighted by Gasteiger charge is 2.66. The summed E-state index contributed by atoms with van der Waals surface area (Å²) in [5.41, 5.74) is -3.44. The normalized spacial score (nSPS) is 26.1. The Morgan fingerprint density at radius 3 is 2.42 bits per heavy atom. The molecule has 1 aliphatic heterocycles. The van der Waals surface area contributed by atoms with E-state index in [-0.39, 0.29) is 10.4 Å². The highest BCUT2D eigenvalue weighted by Crippen LogP contribution is 2.44. The molecule has 1 aromatic carbocycles. The molecule has 0 saturated carbocycles. The average Bonchev–Trinajstić information content (AvgIpc) is 3.08. The standard InChI is InChI=1S/C16H12BrF3N2O3S/c17-9-5-3-8(4-6-9)12-11(13(23)10-2-1-7-26-10)15(25,16(18,19)20)22-14(24)21-12/h1-7,11-12,25H,(H2,21,22,24)/t11-,12-,15+/m1/s1. The molecule has 26 heavy (non-hydrogen) atoms. The van der Waals surface area contributed by atoms with Crippen molar-refractivity contribution in [3.05, 3.63) is 56.7 Å². The van der Waals surface area contributed by atoms with Crippen LogP contribution < -0.4 is 10.6 Å². The molecular formula is C16H12BrF3N2O3S. The fraction of sp³-hybridized carbons (Fsp3) is 0.250. The van der Waals surface area contributed by atoms with Crippen LogP contribution in [0.1, 0.15) is 21.3 Å². The van der Waals surface area contributed by atoms with Crippen molar-refractivity contribution in [3.63, 3.8) is 0 Å². The molecule has 5 nitrogen and oxygen atoms in total. The maximum absolute atomic E-state index is 13.7. The Kier molecular flexibility index (Phi) is 4.84. The minimum Gasteiger partial charge on any atom is -0.363 e. The van der Waals surface area contributed by atoms with Crippen LogP contribution in [0.5, 0.6) is 0 Å². The van der Waals surface area contributed by atoms with Crippen LogP contribution in [0.3, 0.4) is 0 Å². The minimum atomic E-state index is -5.25. The van der Waals surface area contributed by atoms with Crippen LogP contribution in [0.2, 0.25) is 0 Å².